The maximum Gasteiger partial charge on any atom is 0.317 e. The summed E-state index contributed by atoms with van der Waals surface area (Å²) >= 11 is 1.62. The second-order valence-corrected chi connectivity index (χ2v) is 9.68. The lowest BCUT2D eigenvalue weighted by Crippen LogP contribution is -2.73. The highest BCUT2D eigenvalue weighted by Gasteiger charge is 2.67. The number of aliphatic carboxylic acids is 1. The Morgan fingerprint density at radius 1 is 1.48 bits per heavy atom. The Balaban J connectivity index is 1.66. The van der Waals surface area contributed by atoms with Gasteiger partial charge in [0.1, 0.15) is 12.2 Å². The van der Waals surface area contributed by atoms with E-state index in [1.807, 2.05) is 6.21 Å². The molecular formula is C20H17N4O4S+. The van der Waals surface area contributed by atoms with Crippen molar-refractivity contribution in [2.45, 2.75) is 35.7 Å². The van der Waals surface area contributed by atoms with E-state index in [0.29, 0.717) is 17.9 Å². The van der Waals surface area contributed by atoms with Crippen molar-refractivity contribution in [3.8, 4) is 5.75 Å². The number of nitrogens with zero attached hydrogens (tertiary/aromatic N) is 2. The highest BCUT2D eigenvalue weighted by molar-refractivity contribution is 8.04. The number of rotatable bonds is 3. The van der Waals surface area contributed by atoms with E-state index < -0.39 is 17.4 Å². The van der Waals surface area contributed by atoms with Crippen LogP contribution in [0.3, 0.4) is 0 Å². The first kappa shape index (κ1) is 16.2. The molecule has 0 amide bonds. The maximum atomic E-state index is 13.3. The van der Waals surface area contributed by atoms with Crippen LogP contribution in [-0.2, 0) is 15.0 Å². The Bertz CT molecular complexity index is 1280. The molecule has 0 saturated carbocycles. The van der Waals surface area contributed by atoms with Crippen LogP contribution in [0.4, 0.5) is 11.4 Å². The van der Waals surface area contributed by atoms with E-state index >= 15 is 0 Å². The van der Waals surface area contributed by atoms with Crippen molar-refractivity contribution in [1.29, 1.82) is 0 Å². The van der Waals surface area contributed by atoms with Crippen LogP contribution in [0.15, 0.2) is 16.0 Å². The summed E-state index contributed by atoms with van der Waals surface area (Å²) in [5, 5.41) is 29.1. The quantitative estimate of drug-likeness (QED) is 0.381. The zero-order chi connectivity index (χ0) is 19.7. The molecule has 5 heterocycles. The van der Waals surface area contributed by atoms with Crippen molar-refractivity contribution in [1.82, 2.24) is 9.89 Å². The van der Waals surface area contributed by atoms with Crippen molar-refractivity contribution in [3.63, 3.8) is 0 Å². The number of carbonyl (C=O) groups is 2. The Labute approximate surface area is 168 Å². The van der Waals surface area contributed by atoms with Gasteiger partial charge in [0, 0.05) is 17.5 Å². The molecular weight excluding hydrogens is 392 g/mol. The minimum Gasteiger partial charge on any atom is -0.504 e. The molecule has 8 nitrogen and oxygen atoms in total. The number of ketones is 1. The number of nitrogens with one attached hydrogen (secondary N) is 2. The van der Waals surface area contributed by atoms with Crippen LogP contribution >= 0.6 is 11.8 Å². The van der Waals surface area contributed by atoms with Crippen LogP contribution in [-0.4, -0.2) is 58.7 Å². The van der Waals surface area contributed by atoms with Crippen LogP contribution in [0, 0.1) is 0 Å². The summed E-state index contributed by atoms with van der Waals surface area (Å²) < 4.78 is 2.13. The van der Waals surface area contributed by atoms with Crippen LogP contribution in [0.1, 0.15) is 18.4 Å². The smallest absolute Gasteiger partial charge is 0.317 e. The number of aliphatic imine (C=N–C) groups is 1. The fourth-order valence-corrected chi connectivity index (χ4v) is 7.79. The monoisotopic (exact) mass is 409 g/mol. The predicted octanol–water partition coefficient (Wildman–Crippen LogP) is -0.828. The van der Waals surface area contributed by atoms with Crippen LogP contribution in [0.5, 0.6) is 5.75 Å². The van der Waals surface area contributed by atoms with Gasteiger partial charge in [0.2, 0.25) is 17.2 Å². The number of thioether (sulfide) groups is 1. The molecule has 7 rings (SSSR count). The largest absolute Gasteiger partial charge is 0.504 e. The predicted molar refractivity (Wildman–Crippen MR) is 107 cm³/mol. The highest BCUT2D eigenvalue weighted by Crippen LogP contribution is 2.62. The molecule has 9 heteroatoms. The SMILES string of the molecule is O=C(O)CN[C@H]1[C@H]2C(=O)C=C3S[C@H]4C[C@]31c1c(c(O)c3c5c1=[N+]2CCC=5C=N3)N4. The number of hydrogen-bond donors (Lipinski definition) is 4. The molecule has 1 spiro atoms. The molecule has 0 radical (unpaired) electrons. The van der Waals surface area contributed by atoms with Crippen molar-refractivity contribution in [2.24, 2.45) is 4.99 Å². The van der Waals surface area contributed by atoms with E-state index in [0.717, 1.165) is 39.5 Å². The standard InChI is InChI=1S/C20H16N4O4S/c25-8-3-9-20-4-10(29-9)23-15-13(20)17-12-7(5-21-14(12)18(15)28)1-2-24(17)16(8)19(20)22-6-11(26)27/h3,5,10,16,19,22H,1-2,4,6H2,(H2,21,23,26,27,28)/p+1/t10-,16+,19-,20+/m0/s1. The Kier molecular flexibility index (Phi) is 2.74. The van der Waals surface area contributed by atoms with E-state index in [1.54, 1.807) is 17.8 Å². The van der Waals surface area contributed by atoms with E-state index in [2.05, 4.69) is 20.2 Å². The van der Waals surface area contributed by atoms with Gasteiger partial charge in [0.05, 0.1) is 39.8 Å². The third-order valence-corrected chi connectivity index (χ3v) is 8.49. The Morgan fingerprint density at radius 3 is 3.17 bits per heavy atom. The molecule has 4 N–H and O–H groups in total. The van der Waals surface area contributed by atoms with Crippen LogP contribution < -0.4 is 25.8 Å². The number of carboxylic acid groups (broad SMARTS) is 1. The van der Waals surface area contributed by atoms with E-state index in [-0.39, 0.29) is 29.5 Å². The molecule has 1 aromatic rings. The molecule has 1 saturated heterocycles. The summed E-state index contributed by atoms with van der Waals surface area (Å²) in [7, 11) is 0. The summed E-state index contributed by atoms with van der Waals surface area (Å²) in [4.78, 5) is 30.1. The summed E-state index contributed by atoms with van der Waals surface area (Å²) in [5.74, 6) is -0.768. The molecule has 3 bridgehead atoms. The molecule has 0 unspecified atom stereocenters. The number of benzene rings is 1. The molecule has 1 aliphatic carbocycles. The van der Waals surface area contributed by atoms with Gasteiger partial charge in [0.15, 0.2) is 5.75 Å². The highest BCUT2D eigenvalue weighted by atomic mass is 32.2. The summed E-state index contributed by atoms with van der Waals surface area (Å²) in [6, 6.07) is -0.801. The fourth-order valence-electron chi connectivity index (χ4n) is 6.25. The van der Waals surface area contributed by atoms with Crippen LogP contribution in [0.2, 0.25) is 0 Å². The van der Waals surface area contributed by atoms with Gasteiger partial charge in [-0.15, -0.1) is 11.8 Å². The zero-order valence-electron chi connectivity index (χ0n) is 15.2. The molecule has 1 fully saturated rings. The Morgan fingerprint density at radius 2 is 2.34 bits per heavy atom. The molecule has 6 aliphatic rings. The van der Waals surface area contributed by atoms with Crippen molar-refractivity contribution in [3.05, 3.63) is 27.1 Å². The van der Waals surface area contributed by atoms with E-state index in [4.69, 9.17) is 0 Å². The first-order valence-corrected chi connectivity index (χ1v) is 10.6. The number of aromatic hydroxyl groups is 1. The number of carboxylic acids is 1. The van der Waals surface area contributed by atoms with Gasteiger partial charge in [-0.3, -0.25) is 19.9 Å². The van der Waals surface area contributed by atoms with Gasteiger partial charge in [0.25, 0.3) is 0 Å². The lowest BCUT2D eigenvalue weighted by molar-refractivity contribution is -0.136. The second-order valence-electron chi connectivity index (χ2n) is 8.43. The Hall–Kier alpha value is -2.65. The molecule has 146 valence electrons. The van der Waals surface area contributed by atoms with Crippen molar-refractivity contribution in [2.75, 3.05) is 18.4 Å². The number of carbonyl (C=O) groups excluding carboxylic acids is 1. The van der Waals surface area contributed by atoms with Gasteiger partial charge < -0.3 is 15.5 Å². The normalized spacial score (nSPS) is 33.7. The van der Waals surface area contributed by atoms with Gasteiger partial charge in [-0.25, -0.2) is 4.58 Å². The van der Waals surface area contributed by atoms with Gasteiger partial charge >= 0.3 is 5.97 Å². The van der Waals surface area contributed by atoms with Gasteiger partial charge in [-0.05, 0) is 18.1 Å². The van der Waals surface area contributed by atoms with E-state index in [1.165, 1.54) is 0 Å². The number of hydrogen-bond acceptors (Lipinski definition) is 7. The fraction of sp³-hybridized carbons (Fsp3) is 0.400. The minimum atomic E-state index is -0.944. The summed E-state index contributed by atoms with van der Waals surface area (Å²) in [6.45, 7) is 0.463. The average molecular weight is 409 g/mol. The number of fused-ring (bicyclic) bond motifs is 3. The number of phenolic OH excluding ortho intramolecular Hbond substituents is 1. The lowest BCUT2D eigenvalue weighted by Gasteiger charge is -2.48. The lowest BCUT2D eigenvalue weighted by atomic mass is 9.61. The maximum absolute atomic E-state index is 13.3. The van der Waals surface area contributed by atoms with Crippen molar-refractivity contribution < 1.29 is 19.8 Å². The minimum absolute atomic E-state index is 0.0185. The molecule has 5 aliphatic heterocycles. The van der Waals surface area contributed by atoms with Crippen molar-refractivity contribution >= 4 is 46.7 Å². The zero-order valence-corrected chi connectivity index (χ0v) is 16.0. The second kappa shape index (κ2) is 4.91. The summed E-state index contributed by atoms with van der Waals surface area (Å²) in [5.41, 5.74) is 2.86. The van der Waals surface area contributed by atoms with Gasteiger partial charge in [-0.1, -0.05) is 0 Å². The average Bonchev–Trinajstić information content (AvgIpc) is 3.23. The third-order valence-electron chi connectivity index (χ3n) is 7.19. The first-order valence-electron chi connectivity index (χ1n) is 9.75. The summed E-state index contributed by atoms with van der Waals surface area (Å²) in [6.07, 6.45) is 5.09. The van der Waals surface area contributed by atoms with Crippen LogP contribution in [0.25, 0.3) is 5.57 Å². The van der Waals surface area contributed by atoms with Gasteiger partial charge in [-0.2, -0.15) is 0 Å². The molecule has 29 heavy (non-hydrogen) atoms. The third kappa shape index (κ3) is 1.66. The molecule has 0 aromatic heterocycles. The van der Waals surface area contributed by atoms with E-state index in [9.17, 15) is 19.8 Å². The molecule has 4 atom stereocenters. The first-order chi connectivity index (χ1) is 14.0. The molecule has 1 aromatic carbocycles. The topological polar surface area (TPSA) is 114 Å². The number of anilines is 1. The number of phenols is 1.